The molecular formula is C18H28N3O2S+. The van der Waals surface area contributed by atoms with E-state index < -0.39 is 10.0 Å². The SMILES string of the molecule is Cc1c(C)c(C)c(S(=O)(=O)N2CC[NH+]([C@H](C)C#N)CC2)c(C)c1C. The zero-order chi connectivity index (χ0) is 18.2. The standard InChI is InChI=1S/C18H27N3O2S/c1-12(11-19)20-7-9-21(10-8-20)24(22,23)18-16(5)14(3)13(2)15(4)17(18)6/h12H,7-10H2,1-6H3/p+1/t12-/m1/s1. The van der Waals surface area contributed by atoms with E-state index in [1.165, 1.54) is 5.56 Å². The molecule has 5 nitrogen and oxygen atoms in total. The first-order valence-corrected chi connectivity index (χ1v) is 9.88. The average Bonchev–Trinajstić information content (AvgIpc) is 2.57. The van der Waals surface area contributed by atoms with Crippen LogP contribution in [-0.4, -0.2) is 44.9 Å². The minimum atomic E-state index is -3.50. The fourth-order valence-corrected chi connectivity index (χ4v) is 5.52. The zero-order valence-corrected chi connectivity index (χ0v) is 16.3. The van der Waals surface area contributed by atoms with Crippen LogP contribution in [0.3, 0.4) is 0 Å². The third kappa shape index (κ3) is 3.08. The summed E-state index contributed by atoms with van der Waals surface area (Å²) in [5, 5.41) is 9.05. The van der Waals surface area contributed by atoms with Gasteiger partial charge in [0.2, 0.25) is 10.0 Å². The molecule has 1 N–H and O–H groups in total. The number of rotatable bonds is 3. The van der Waals surface area contributed by atoms with Crippen molar-refractivity contribution in [2.24, 2.45) is 0 Å². The molecule has 0 aromatic heterocycles. The molecule has 1 aliphatic heterocycles. The Balaban J connectivity index is 2.39. The number of sulfonamides is 1. The van der Waals surface area contributed by atoms with Crippen LogP contribution in [0.4, 0.5) is 0 Å². The third-order valence-corrected chi connectivity index (χ3v) is 7.87. The van der Waals surface area contributed by atoms with Crippen LogP contribution < -0.4 is 4.90 Å². The molecule has 1 atom stereocenters. The molecule has 1 aliphatic rings. The van der Waals surface area contributed by atoms with Gasteiger partial charge < -0.3 is 4.90 Å². The molecule has 0 radical (unpaired) electrons. The number of piperazine rings is 1. The van der Waals surface area contributed by atoms with Crippen molar-refractivity contribution in [3.63, 3.8) is 0 Å². The number of quaternary nitrogens is 1. The Hall–Kier alpha value is -1.42. The summed E-state index contributed by atoms with van der Waals surface area (Å²) in [6.07, 6.45) is 0. The molecule has 2 rings (SSSR count). The van der Waals surface area contributed by atoms with E-state index in [1.807, 2.05) is 41.5 Å². The Labute approximate surface area is 145 Å². The summed E-state index contributed by atoms with van der Waals surface area (Å²) in [7, 11) is -3.50. The molecule has 132 valence electrons. The van der Waals surface area contributed by atoms with Crippen LogP contribution in [0, 0.1) is 45.9 Å². The number of nitrogens with one attached hydrogen (secondary N) is 1. The van der Waals surface area contributed by atoms with Crippen molar-refractivity contribution in [1.29, 1.82) is 5.26 Å². The van der Waals surface area contributed by atoms with Crippen molar-refractivity contribution in [3.05, 3.63) is 27.8 Å². The molecule has 1 fully saturated rings. The monoisotopic (exact) mass is 350 g/mol. The zero-order valence-electron chi connectivity index (χ0n) is 15.5. The second-order valence-electron chi connectivity index (χ2n) is 6.87. The van der Waals surface area contributed by atoms with Gasteiger partial charge in [-0.15, -0.1) is 0 Å². The number of hydrogen-bond donors (Lipinski definition) is 1. The van der Waals surface area contributed by atoms with Crippen molar-refractivity contribution < 1.29 is 13.3 Å². The maximum atomic E-state index is 13.2. The molecule has 0 aliphatic carbocycles. The normalized spacial score (nSPS) is 18.4. The summed E-state index contributed by atoms with van der Waals surface area (Å²) in [6.45, 7) is 14.0. The molecule has 24 heavy (non-hydrogen) atoms. The molecule has 1 heterocycles. The Morgan fingerprint density at radius 3 is 1.79 bits per heavy atom. The van der Waals surface area contributed by atoms with Gasteiger partial charge in [0.25, 0.3) is 0 Å². The van der Waals surface area contributed by atoms with Crippen LogP contribution in [0.1, 0.15) is 34.7 Å². The number of nitriles is 1. The van der Waals surface area contributed by atoms with E-state index >= 15 is 0 Å². The lowest BCUT2D eigenvalue weighted by Crippen LogP contribution is -3.17. The molecule has 0 saturated carbocycles. The Kier molecular flexibility index (Phi) is 5.38. The first-order chi connectivity index (χ1) is 11.1. The van der Waals surface area contributed by atoms with Gasteiger partial charge >= 0.3 is 0 Å². The van der Waals surface area contributed by atoms with Gasteiger partial charge in [-0.25, -0.2) is 8.42 Å². The van der Waals surface area contributed by atoms with E-state index in [4.69, 9.17) is 5.26 Å². The van der Waals surface area contributed by atoms with Crippen LogP contribution in [0.25, 0.3) is 0 Å². The highest BCUT2D eigenvalue weighted by Gasteiger charge is 2.34. The summed E-state index contributed by atoms with van der Waals surface area (Å²) >= 11 is 0. The van der Waals surface area contributed by atoms with Crippen molar-refractivity contribution >= 4 is 10.0 Å². The predicted molar refractivity (Wildman–Crippen MR) is 94.7 cm³/mol. The van der Waals surface area contributed by atoms with E-state index in [0.29, 0.717) is 31.1 Å². The van der Waals surface area contributed by atoms with Crippen LogP contribution in [0.5, 0.6) is 0 Å². The van der Waals surface area contributed by atoms with Crippen molar-refractivity contribution in [2.75, 3.05) is 26.2 Å². The molecule has 1 aromatic carbocycles. The smallest absolute Gasteiger partial charge is 0.244 e. The highest BCUT2D eigenvalue weighted by molar-refractivity contribution is 7.89. The van der Waals surface area contributed by atoms with E-state index in [-0.39, 0.29) is 6.04 Å². The Morgan fingerprint density at radius 2 is 1.38 bits per heavy atom. The topological polar surface area (TPSA) is 65.6 Å². The molecule has 0 spiro atoms. The highest BCUT2D eigenvalue weighted by atomic mass is 32.2. The van der Waals surface area contributed by atoms with Gasteiger partial charge in [-0.05, 0) is 62.4 Å². The lowest BCUT2D eigenvalue weighted by Gasteiger charge is -2.33. The summed E-state index contributed by atoms with van der Waals surface area (Å²) < 4.78 is 28.1. The number of benzene rings is 1. The maximum absolute atomic E-state index is 13.2. The number of nitrogens with zero attached hydrogens (tertiary/aromatic N) is 2. The predicted octanol–water partition coefficient (Wildman–Crippen LogP) is 1.03. The maximum Gasteiger partial charge on any atom is 0.244 e. The minimum absolute atomic E-state index is 0.0952. The van der Waals surface area contributed by atoms with Crippen LogP contribution in [0.2, 0.25) is 0 Å². The molecule has 0 unspecified atom stereocenters. The van der Waals surface area contributed by atoms with Gasteiger partial charge in [-0.2, -0.15) is 9.57 Å². The summed E-state index contributed by atoms with van der Waals surface area (Å²) in [4.78, 5) is 1.63. The fraction of sp³-hybridized carbons (Fsp3) is 0.611. The van der Waals surface area contributed by atoms with Gasteiger partial charge in [-0.3, -0.25) is 0 Å². The van der Waals surface area contributed by atoms with E-state index in [9.17, 15) is 8.42 Å². The van der Waals surface area contributed by atoms with E-state index in [2.05, 4.69) is 6.07 Å². The van der Waals surface area contributed by atoms with Crippen LogP contribution in [-0.2, 0) is 10.0 Å². The molecule has 0 bridgehead atoms. The van der Waals surface area contributed by atoms with Crippen molar-refractivity contribution in [1.82, 2.24) is 4.31 Å². The first kappa shape index (κ1) is 18.9. The van der Waals surface area contributed by atoms with E-state index in [1.54, 1.807) is 4.31 Å². The van der Waals surface area contributed by atoms with Crippen molar-refractivity contribution in [3.8, 4) is 6.07 Å². The van der Waals surface area contributed by atoms with Crippen LogP contribution in [0.15, 0.2) is 4.90 Å². The molecule has 1 aromatic rings. The lowest BCUT2D eigenvalue weighted by molar-refractivity contribution is -0.918. The lowest BCUT2D eigenvalue weighted by atomic mass is 9.95. The average molecular weight is 351 g/mol. The quantitative estimate of drug-likeness (QED) is 0.885. The Morgan fingerprint density at radius 1 is 0.958 bits per heavy atom. The summed E-state index contributed by atoms with van der Waals surface area (Å²) in [5.74, 6) is 0. The molecule has 1 saturated heterocycles. The largest absolute Gasteiger partial charge is 0.319 e. The highest BCUT2D eigenvalue weighted by Crippen LogP contribution is 2.31. The summed E-state index contributed by atoms with van der Waals surface area (Å²) in [6, 6.07) is 2.16. The first-order valence-electron chi connectivity index (χ1n) is 8.44. The molecular weight excluding hydrogens is 322 g/mol. The van der Waals surface area contributed by atoms with Crippen LogP contribution >= 0.6 is 0 Å². The van der Waals surface area contributed by atoms with Gasteiger partial charge in [-0.1, -0.05) is 0 Å². The second kappa shape index (κ2) is 6.83. The fourth-order valence-electron chi connectivity index (χ4n) is 3.52. The van der Waals surface area contributed by atoms with Gasteiger partial charge in [0.15, 0.2) is 6.04 Å². The number of hydrogen-bond acceptors (Lipinski definition) is 3. The van der Waals surface area contributed by atoms with Gasteiger partial charge in [0.05, 0.1) is 31.1 Å². The Bertz CT molecular complexity index is 756. The summed E-state index contributed by atoms with van der Waals surface area (Å²) in [5.41, 5.74) is 4.99. The van der Waals surface area contributed by atoms with Gasteiger partial charge in [0.1, 0.15) is 6.07 Å². The molecule has 0 amide bonds. The van der Waals surface area contributed by atoms with Crippen molar-refractivity contribution in [2.45, 2.75) is 52.5 Å². The van der Waals surface area contributed by atoms with E-state index in [0.717, 1.165) is 27.2 Å². The second-order valence-corrected chi connectivity index (χ2v) is 8.74. The van der Waals surface area contributed by atoms with Gasteiger partial charge in [0, 0.05) is 6.92 Å². The minimum Gasteiger partial charge on any atom is -0.319 e. The molecule has 6 heteroatoms. The third-order valence-electron chi connectivity index (χ3n) is 5.70.